The number of nitrogens with one attached hydrogen (secondary N) is 1. The van der Waals surface area contributed by atoms with Crippen LogP contribution in [0.4, 0.5) is 17.6 Å². The first kappa shape index (κ1) is 23.2. The molecular weight excluding hydrogens is 490 g/mol. The summed E-state index contributed by atoms with van der Waals surface area (Å²) >= 11 is 0. The van der Waals surface area contributed by atoms with Crippen LogP contribution in [0.2, 0.25) is 0 Å². The standard InChI is InChI=1S/C25H21F4N7O/c1-14-21-18(9-10-30-14)32-36(16-5-3-15(4-6-16)25(27,28)29)23(21)35-12-11-34(24(35)37)20-8-7-19-17(22(20)26)13-31-33(19)2/h3-8,11-14,30H,9-10H2,1-2H3/t14-/m0/s1. The van der Waals surface area contributed by atoms with Gasteiger partial charge >= 0.3 is 11.9 Å². The van der Waals surface area contributed by atoms with Gasteiger partial charge in [-0.25, -0.2) is 13.9 Å². The molecule has 8 nitrogen and oxygen atoms in total. The molecule has 1 atom stereocenters. The Kier molecular flexibility index (Phi) is 5.13. The van der Waals surface area contributed by atoms with Gasteiger partial charge < -0.3 is 5.32 Å². The Morgan fingerprint density at radius 1 is 1.05 bits per heavy atom. The summed E-state index contributed by atoms with van der Waals surface area (Å²) in [5, 5.41) is 12.4. The minimum atomic E-state index is -4.48. The van der Waals surface area contributed by atoms with Crippen LogP contribution >= 0.6 is 0 Å². The maximum Gasteiger partial charge on any atom is 0.416 e. The molecule has 0 bridgehead atoms. The number of hydrogen-bond donors (Lipinski definition) is 1. The smallest absolute Gasteiger partial charge is 0.310 e. The average molecular weight is 511 g/mol. The zero-order chi connectivity index (χ0) is 26.1. The number of benzene rings is 2. The van der Waals surface area contributed by atoms with Crippen molar-refractivity contribution in [3.05, 3.63) is 88.1 Å². The van der Waals surface area contributed by atoms with Gasteiger partial charge in [-0.1, -0.05) is 0 Å². The number of rotatable bonds is 3. The summed E-state index contributed by atoms with van der Waals surface area (Å²) in [5.41, 5.74) is 1.18. The molecule has 1 aliphatic rings. The number of aromatic nitrogens is 6. The van der Waals surface area contributed by atoms with Crippen molar-refractivity contribution in [3.63, 3.8) is 0 Å². The van der Waals surface area contributed by atoms with Gasteiger partial charge in [-0.3, -0.25) is 13.8 Å². The van der Waals surface area contributed by atoms with Crippen LogP contribution in [0.25, 0.3) is 28.1 Å². The Hall–Kier alpha value is -4.19. The summed E-state index contributed by atoms with van der Waals surface area (Å²) in [4.78, 5) is 13.7. The van der Waals surface area contributed by atoms with E-state index in [1.54, 1.807) is 17.8 Å². The van der Waals surface area contributed by atoms with Crippen molar-refractivity contribution in [2.75, 3.05) is 6.54 Å². The van der Waals surface area contributed by atoms with E-state index in [1.165, 1.54) is 50.6 Å². The second-order valence-corrected chi connectivity index (χ2v) is 8.99. The highest BCUT2D eigenvalue weighted by atomic mass is 19.4. The molecule has 5 aromatic rings. The molecule has 0 saturated carbocycles. The van der Waals surface area contributed by atoms with Crippen molar-refractivity contribution in [2.24, 2.45) is 7.05 Å². The Balaban J connectivity index is 1.54. The molecule has 1 N–H and O–H groups in total. The minimum Gasteiger partial charge on any atom is -0.310 e. The van der Waals surface area contributed by atoms with E-state index < -0.39 is 23.2 Å². The highest BCUT2D eigenvalue weighted by molar-refractivity contribution is 5.81. The molecule has 0 aliphatic carbocycles. The number of hydrogen-bond acceptors (Lipinski definition) is 4. The van der Waals surface area contributed by atoms with Gasteiger partial charge in [-0.2, -0.15) is 23.4 Å². The second-order valence-electron chi connectivity index (χ2n) is 8.99. The van der Waals surface area contributed by atoms with E-state index in [9.17, 15) is 18.0 Å². The number of fused-ring (bicyclic) bond motifs is 2. The number of alkyl halides is 3. The maximum atomic E-state index is 15.4. The third-order valence-corrected chi connectivity index (χ3v) is 6.77. The lowest BCUT2D eigenvalue weighted by molar-refractivity contribution is -0.137. The number of halogens is 4. The zero-order valence-corrected chi connectivity index (χ0v) is 19.8. The summed E-state index contributed by atoms with van der Waals surface area (Å²) in [6.07, 6.45) is 0.479. The third-order valence-electron chi connectivity index (χ3n) is 6.77. The van der Waals surface area contributed by atoms with Gasteiger partial charge in [0.1, 0.15) is 5.82 Å². The number of imidazole rings is 1. The van der Waals surface area contributed by atoms with Gasteiger partial charge in [0, 0.05) is 44.0 Å². The topological polar surface area (TPSA) is 74.6 Å². The van der Waals surface area contributed by atoms with E-state index in [0.29, 0.717) is 30.0 Å². The van der Waals surface area contributed by atoms with E-state index in [4.69, 9.17) is 0 Å². The van der Waals surface area contributed by atoms with E-state index in [2.05, 4.69) is 15.5 Å². The predicted octanol–water partition coefficient (Wildman–Crippen LogP) is 4.07. The van der Waals surface area contributed by atoms with Crippen molar-refractivity contribution in [1.29, 1.82) is 0 Å². The molecule has 12 heteroatoms. The molecule has 3 aromatic heterocycles. The summed E-state index contributed by atoms with van der Waals surface area (Å²) in [6, 6.07) is 7.63. The fourth-order valence-electron chi connectivity index (χ4n) is 4.90. The lowest BCUT2D eigenvalue weighted by atomic mass is 10.0. The molecule has 6 rings (SSSR count). The van der Waals surface area contributed by atoms with Crippen LogP contribution in [0.15, 0.2) is 59.8 Å². The van der Waals surface area contributed by atoms with Crippen LogP contribution in [-0.4, -0.2) is 35.2 Å². The molecule has 0 radical (unpaired) electrons. The Morgan fingerprint density at radius 2 is 1.78 bits per heavy atom. The van der Waals surface area contributed by atoms with Crippen molar-refractivity contribution in [1.82, 2.24) is 34.0 Å². The van der Waals surface area contributed by atoms with E-state index in [1.807, 2.05) is 6.92 Å². The van der Waals surface area contributed by atoms with Gasteiger partial charge in [0.05, 0.1) is 39.7 Å². The molecule has 0 spiro atoms. The van der Waals surface area contributed by atoms with Gasteiger partial charge in [0.2, 0.25) is 0 Å². The van der Waals surface area contributed by atoms with Gasteiger partial charge in [-0.05, 0) is 43.3 Å². The Bertz CT molecular complexity index is 1710. The van der Waals surface area contributed by atoms with Crippen LogP contribution in [-0.2, 0) is 19.6 Å². The molecule has 2 aromatic carbocycles. The van der Waals surface area contributed by atoms with Crippen LogP contribution in [0, 0.1) is 5.82 Å². The van der Waals surface area contributed by atoms with Crippen LogP contribution < -0.4 is 11.0 Å². The van der Waals surface area contributed by atoms with Crippen LogP contribution in [0.1, 0.15) is 29.8 Å². The average Bonchev–Trinajstić information content (AvgIpc) is 3.55. The van der Waals surface area contributed by atoms with E-state index >= 15 is 4.39 Å². The Labute approximate surface area is 207 Å². The van der Waals surface area contributed by atoms with Crippen molar-refractivity contribution < 1.29 is 17.6 Å². The fraction of sp³-hybridized carbons (Fsp3) is 0.240. The molecule has 190 valence electrons. The third kappa shape index (κ3) is 3.58. The minimum absolute atomic E-state index is 0.0601. The SMILES string of the molecule is C[C@@H]1NCCc2nn(-c3ccc(C(F)(F)F)cc3)c(-n3ccn(-c4ccc5c(cnn5C)c4F)c3=O)c21. The molecule has 4 heterocycles. The fourth-order valence-corrected chi connectivity index (χ4v) is 4.90. The maximum absolute atomic E-state index is 15.4. The monoisotopic (exact) mass is 511 g/mol. The second kappa shape index (κ2) is 8.17. The van der Waals surface area contributed by atoms with Crippen molar-refractivity contribution >= 4 is 10.9 Å². The highest BCUT2D eigenvalue weighted by Gasteiger charge is 2.32. The molecule has 0 unspecified atom stereocenters. The lowest BCUT2D eigenvalue weighted by Crippen LogP contribution is -2.30. The van der Waals surface area contributed by atoms with Crippen molar-refractivity contribution in [3.8, 4) is 17.2 Å². The first-order valence-electron chi connectivity index (χ1n) is 11.6. The van der Waals surface area contributed by atoms with E-state index in [0.717, 1.165) is 23.4 Å². The largest absolute Gasteiger partial charge is 0.416 e. The van der Waals surface area contributed by atoms with Gasteiger partial charge in [0.25, 0.3) is 0 Å². The van der Waals surface area contributed by atoms with Crippen LogP contribution in [0.3, 0.4) is 0 Å². The van der Waals surface area contributed by atoms with E-state index in [-0.39, 0.29) is 17.1 Å². The molecule has 0 saturated heterocycles. The molecule has 0 fully saturated rings. The summed E-state index contributed by atoms with van der Waals surface area (Å²) in [5.74, 6) is -0.195. The highest BCUT2D eigenvalue weighted by Crippen LogP contribution is 2.33. The Morgan fingerprint density at radius 3 is 2.51 bits per heavy atom. The molecule has 0 amide bonds. The molecular formula is C25H21F4N7O. The predicted molar refractivity (Wildman–Crippen MR) is 128 cm³/mol. The van der Waals surface area contributed by atoms with Crippen LogP contribution in [0.5, 0.6) is 0 Å². The van der Waals surface area contributed by atoms with Gasteiger partial charge in [-0.15, -0.1) is 0 Å². The molecule has 37 heavy (non-hydrogen) atoms. The van der Waals surface area contributed by atoms with Gasteiger partial charge in [0.15, 0.2) is 5.82 Å². The quantitative estimate of drug-likeness (QED) is 0.371. The first-order valence-corrected chi connectivity index (χ1v) is 11.6. The summed E-state index contributed by atoms with van der Waals surface area (Å²) < 4.78 is 60.3. The zero-order valence-electron chi connectivity index (χ0n) is 19.8. The lowest BCUT2D eigenvalue weighted by Gasteiger charge is -2.21. The summed E-state index contributed by atoms with van der Waals surface area (Å²) in [6.45, 7) is 2.60. The number of nitrogens with zero attached hydrogens (tertiary/aromatic N) is 6. The molecule has 1 aliphatic heterocycles. The summed E-state index contributed by atoms with van der Waals surface area (Å²) in [7, 11) is 1.70. The van der Waals surface area contributed by atoms with Crippen molar-refractivity contribution in [2.45, 2.75) is 25.6 Å². The normalized spacial score (nSPS) is 15.9. The first-order chi connectivity index (χ1) is 17.6. The number of aryl methyl sites for hydroxylation is 1.